The summed E-state index contributed by atoms with van der Waals surface area (Å²) in [5.74, 6) is 1.37. The van der Waals surface area contributed by atoms with Crippen molar-refractivity contribution in [2.45, 2.75) is 39.5 Å². The molecular formula is C16H25N3. The number of benzene rings is 1. The fraction of sp³-hybridized carbons (Fsp3) is 0.562. The zero-order valence-electron chi connectivity index (χ0n) is 12.1. The number of nitrogens with zero attached hydrogens (tertiary/aromatic N) is 1. The van der Waals surface area contributed by atoms with E-state index in [1.54, 1.807) is 0 Å². The first-order chi connectivity index (χ1) is 9.13. The molecule has 0 radical (unpaired) electrons. The van der Waals surface area contributed by atoms with Crippen LogP contribution in [-0.2, 0) is 6.42 Å². The van der Waals surface area contributed by atoms with Crippen LogP contribution in [0.4, 0.5) is 0 Å². The van der Waals surface area contributed by atoms with Crippen molar-refractivity contribution in [2.24, 2.45) is 16.6 Å². The Bertz CT molecular complexity index is 427. The summed E-state index contributed by atoms with van der Waals surface area (Å²) in [5.41, 5.74) is 9.86. The highest BCUT2D eigenvalue weighted by Gasteiger charge is 2.16. The summed E-state index contributed by atoms with van der Waals surface area (Å²) in [6.45, 7) is 6.02. The van der Waals surface area contributed by atoms with Crippen LogP contribution in [-0.4, -0.2) is 19.0 Å². The molecule has 3 N–H and O–H groups in total. The molecule has 3 heteroatoms. The minimum absolute atomic E-state index is 0.594. The van der Waals surface area contributed by atoms with Gasteiger partial charge in [0.1, 0.15) is 0 Å². The molecule has 3 nitrogen and oxygen atoms in total. The summed E-state index contributed by atoms with van der Waals surface area (Å²) in [5, 5.41) is 3.20. The van der Waals surface area contributed by atoms with Gasteiger partial charge in [-0.25, -0.2) is 0 Å². The van der Waals surface area contributed by atoms with E-state index in [1.165, 1.54) is 36.0 Å². The van der Waals surface area contributed by atoms with Gasteiger partial charge in [-0.2, -0.15) is 0 Å². The maximum atomic E-state index is 5.86. The number of rotatable bonds is 5. The number of guanidine groups is 1. The summed E-state index contributed by atoms with van der Waals surface area (Å²) in [6.07, 6.45) is 4.99. The van der Waals surface area contributed by atoms with Gasteiger partial charge in [0, 0.05) is 13.1 Å². The van der Waals surface area contributed by atoms with E-state index in [2.05, 4.69) is 42.4 Å². The van der Waals surface area contributed by atoms with E-state index in [0.717, 1.165) is 25.4 Å². The van der Waals surface area contributed by atoms with E-state index in [1.807, 2.05) is 0 Å². The molecule has 1 aromatic rings. The Hall–Kier alpha value is -1.51. The van der Waals surface area contributed by atoms with Crippen molar-refractivity contribution in [2.75, 3.05) is 13.1 Å². The highest BCUT2D eigenvalue weighted by molar-refractivity contribution is 5.77. The quantitative estimate of drug-likeness (QED) is 0.630. The van der Waals surface area contributed by atoms with E-state index in [4.69, 9.17) is 5.73 Å². The minimum Gasteiger partial charge on any atom is -0.370 e. The molecule has 0 amide bonds. The van der Waals surface area contributed by atoms with Crippen LogP contribution in [0.1, 0.15) is 36.0 Å². The van der Waals surface area contributed by atoms with E-state index >= 15 is 0 Å². The van der Waals surface area contributed by atoms with Gasteiger partial charge in [-0.05, 0) is 44.6 Å². The summed E-state index contributed by atoms with van der Waals surface area (Å²) < 4.78 is 0. The molecule has 0 atom stereocenters. The first-order valence-electron chi connectivity index (χ1n) is 7.24. The van der Waals surface area contributed by atoms with E-state index in [9.17, 15) is 0 Å². The van der Waals surface area contributed by atoms with Crippen molar-refractivity contribution >= 4 is 5.96 Å². The Morgan fingerprint density at radius 1 is 1.26 bits per heavy atom. The number of nitrogens with one attached hydrogen (secondary N) is 1. The molecule has 0 unspecified atom stereocenters. The van der Waals surface area contributed by atoms with Gasteiger partial charge in [-0.3, -0.25) is 4.99 Å². The molecule has 19 heavy (non-hydrogen) atoms. The third-order valence-electron chi connectivity index (χ3n) is 3.75. The zero-order chi connectivity index (χ0) is 13.7. The summed E-state index contributed by atoms with van der Waals surface area (Å²) in [7, 11) is 0. The van der Waals surface area contributed by atoms with Gasteiger partial charge < -0.3 is 11.1 Å². The molecule has 1 aliphatic carbocycles. The molecular weight excluding hydrogens is 234 g/mol. The van der Waals surface area contributed by atoms with Gasteiger partial charge >= 0.3 is 0 Å². The second kappa shape index (κ2) is 6.60. The molecule has 1 fully saturated rings. The number of nitrogens with two attached hydrogens (primary N) is 1. The Morgan fingerprint density at radius 3 is 2.53 bits per heavy atom. The van der Waals surface area contributed by atoms with Crippen LogP contribution in [0.2, 0.25) is 0 Å². The van der Waals surface area contributed by atoms with E-state index in [-0.39, 0.29) is 0 Å². The van der Waals surface area contributed by atoms with Crippen molar-refractivity contribution in [1.29, 1.82) is 0 Å². The molecule has 1 saturated carbocycles. The fourth-order valence-electron chi connectivity index (χ4n) is 2.51. The van der Waals surface area contributed by atoms with Gasteiger partial charge in [0.25, 0.3) is 0 Å². The first kappa shape index (κ1) is 13.9. The molecule has 0 saturated heterocycles. The van der Waals surface area contributed by atoms with E-state index in [0.29, 0.717) is 5.96 Å². The molecule has 1 aliphatic rings. The second-order valence-electron chi connectivity index (χ2n) is 5.70. The Labute approximate surface area is 116 Å². The van der Waals surface area contributed by atoms with Crippen LogP contribution in [0, 0.1) is 19.8 Å². The van der Waals surface area contributed by atoms with Crippen LogP contribution >= 0.6 is 0 Å². The van der Waals surface area contributed by atoms with Gasteiger partial charge in [0.05, 0.1) is 0 Å². The molecule has 104 valence electrons. The van der Waals surface area contributed by atoms with Crippen molar-refractivity contribution in [3.8, 4) is 0 Å². The van der Waals surface area contributed by atoms with Gasteiger partial charge in [0.2, 0.25) is 0 Å². The van der Waals surface area contributed by atoms with Crippen LogP contribution < -0.4 is 11.1 Å². The Balaban J connectivity index is 1.72. The lowest BCUT2D eigenvalue weighted by molar-refractivity contribution is 0.326. The summed E-state index contributed by atoms with van der Waals surface area (Å²) >= 11 is 0. The molecule has 0 aromatic heterocycles. The van der Waals surface area contributed by atoms with Gasteiger partial charge in [-0.15, -0.1) is 0 Å². The molecule has 0 aliphatic heterocycles. The highest BCUT2D eigenvalue weighted by atomic mass is 15.1. The second-order valence-corrected chi connectivity index (χ2v) is 5.70. The monoisotopic (exact) mass is 259 g/mol. The fourth-order valence-corrected chi connectivity index (χ4v) is 2.51. The Morgan fingerprint density at radius 2 is 1.95 bits per heavy atom. The molecule has 0 spiro atoms. The molecule has 1 aromatic carbocycles. The topological polar surface area (TPSA) is 50.4 Å². The van der Waals surface area contributed by atoms with Crippen LogP contribution in [0.3, 0.4) is 0 Å². The van der Waals surface area contributed by atoms with Crippen molar-refractivity contribution < 1.29 is 0 Å². The lowest BCUT2D eigenvalue weighted by Gasteiger charge is -2.23. The Kier molecular flexibility index (Phi) is 4.83. The van der Waals surface area contributed by atoms with Crippen molar-refractivity contribution in [3.05, 3.63) is 34.9 Å². The smallest absolute Gasteiger partial charge is 0.188 e. The van der Waals surface area contributed by atoms with Crippen molar-refractivity contribution in [3.63, 3.8) is 0 Å². The SMILES string of the molecule is Cc1cc(C)cc(CCNC(N)=NCC2CCC2)c1. The molecule has 2 rings (SSSR count). The lowest BCUT2D eigenvalue weighted by atomic mass is 9.86. The normalized spacial score (nSPS) is 16.2. The third-order valence-corrected chi connectivity index (χ3v) is 3.75. The highest BCUT2D eigenvalue weighted by Crippen LogP contribution is 2.26. The summed E-state index contributed by atoms with van der Waals surface area (Å²) in [4.78, 5) is 4.40. The standard InChI is InChI=1S/C16H25N3/c1-12-8-13(2)10-15(9-12)6-7-18-16(17)19-11-14-4-3-5-14/h8-10,14H,3-7,11H2,1-2H3,(H3,17,18,19). The number of aliphatic imine (C=N–C) groups is 1. The predicted octanol–water partition coefficient (Wildman–Crippen LogP) is 2.55. The first-order valence-corrected chi connectivity index (χ1v) is 7.24. The van der Waals surface area contributed by atoms with Crippen LogP contribution in [0.15, 0.2) is 23.2 Å². The van der Waals surface area contributed by atoms with Gasteiger partial charge in [0.15, 0.2) is 5.96 Å². The number of aryl methyl sites for hydroxylation is 2. The third kappa shape index (κ3) is 4.58. The number of hydrogen-bond donors (Lipinski definition) is 2. The average molecular weight is 259 g/mol. The van der Waals surface area contributed by atoms with E-state index < -0.39 is 0 Å². The van der Waals surface area contributed by atoms with Crippen LogP contribution in [0.25, 0.3) is 0 Å². The number of hydrogen-bond acceptors (Lipinski definition) is 1. The van der Waals surface area contributed by atoms with Gasteiger partial charge in [-0.1, -0.05) is 35.7 Å². The zero-order valence-corrected chi connectivity index (χ0v) is 12.1. The maximum Gasteiger partial charge on any atom is 0.188 e. The predicted molar refractivity (Wildman–Crippen MR) is 81.5 cm³/mol. The van der Waals surface area contributed by atoms with Crippen LogP contribution in [0.5, 0.6) is 0 Å². The maximum absolute atomic E-state index is 5.86. The summed E-state index contributed by atoms with van der Waals surface area (Å²) in [6, 6.07) is 6.66. The average Bonchev–Trinajstić information content (AvgIpc) is 2.25. The lowest BCUT2D eigenvalue weighted by Crippen LogP contribution is -2.34. The largest absolute Gasteiger partial charge is 0.370 e. The molecule has 0 bridgehead atoms. The van der Waals surface area contributed by atoms with Crippen molar-refractivity contribution in [1.82, 2.24) is 5.32 Å². The molecule has 0 heterocycles. The minimum atomic E-state index is 0.594.